The van der Waals surface area contributed by atoms with E-state index in [9.17, 15) is 4.79 Å². The van der Waals surface area contributed by atoms with Crippen molar-refractivity contribution in [2.45, 2.75) is 13.5 Å². The Morgan fingerprint density at radius 3 is 2.94 bits per heavy atom. The predicted octanol–water partition coefficient (Wildman–Crippen LogP) is 1.35. The van der Waals surface area contributed by atoms with Crippen LogP contribution in [-0.4, -0.2) is 22.1 Å². The number of H-pyrrole nitrogens is 1. The molecular formula is C10H11N3O2S. The van der Waals surface area contributed by atoms with Gasteiger partial charge in [-0.15, -0.1) is 11.3 Å². The standard InChI is InChI=1S/C10H11N3O2S/c1-6-11-8(5-16-6)10-12-7(4-15-2)3-9(14)13-10/h3,5H,4H2,1-2H3,(H,12,13,14). The SMILES string of the molecule is COCc1cc(=O)[nH]c(-c2csc(C)n2)n1. The first-order valence-electron chi connectivity index (χ1n) is 4.70. The van der Waals surface area contributed by atoms with Gasteiger partial charge in [0.05, 0.1) is 17.3 Å². The van der Waals surface area contributed by atoms with Crippen molar-refractivity contribution < 1.29 is 4.74 Å². The Hall–Kier alpha value is -1.53. The summed E-state index contributed by atoms with van der Waals surface area (Å²) in [6.45, 7) is 2.23. The van der Waals surface area contributed by atoms with E-state index < -0.39 is 0 Å². The summed E-state index contributed by atoms with van der Waals surface area (Å²) in [5.41, 5.74) is 1.10. The van der Waals surface area contributed by atoms with Crippen LogP contribution in [0.3, 0.4) is 0 Å². The Bertz CT molecular complexity index is 547. The lowest BCUT2D eigenvalue weighted by atomic mass is 10.4. The van der Waals surface area contributed by atoms with Crippen molar-refractivity contribution in [1.29, 1.82) is 0 Å². The summed E-state index contributed by atoms with van der Waals surface area (Å²) in [4.78, 5) is 22.6. The molecule has 2 heterocycles. The summed E-state index contributed by atoms with van der Waals surface area (Å²) in [5, 5.41) is 2.80. The van der Waals surface area contributed by atoms with Crippen LogP contribution in [0.4, 0.5) is 0 Å². The smallest absolute Gasteiger partial charge is 0.251 e. The fraction of sp³-hybridized carbons (Fsp3) is 0.300. The largest absolute Gasteiger partial charge is 0.378 e. The van der Waals surface area contributed by atoms with Gasteiger partial charge in [0.15, 0.2) is 5.82 Å². The molecule has 0 amide bonds. The molecule has 0 aliphatic carbocycles. The number of thiazole rings is 1. The van der Waals surface area contributed by atoms with Gasteiger partial charge < -0.3 is 9.72 Å². The highest BCUT2D eigenvalue weighted by Gasteiger charge is 2.06. The Morgan fingerprint density at radius 1 is 1.50 bits per heavy atom. The third kappa shape index (κ3) is 2.34. The number of methoxy groups -OCH3 is 1. The third-order valence-electron chi connectivity index (χ3n) is 1.95. The van der Waals surface area contributed by atoms with Crippen LogP contribution in [0.2, 0.25) is 0 Å². The monoisotopic (exact) mass is 237 g/mol. The molecular weight excluding hydrogens is 226 g/mol. The summed E-state index contributed by atoms with van der Waals surface area (Å²) < 4.78 is 4.95. The van der Waals surface area contributed by atoms with Crippen LogP contribution >= 0.6 is 11.3 Å². The quantitative estimate of drug-likeness (QED) is 0.875. The molecule has 2 aromatic rings. The minimum absolute atomic E-state index is 0.192. The van der Waals surface area contributed by atoms with Gasteiger partial charge in [0, 0.05) is 18.6 Å². The maximum Gasteiger partial charge on any atom is 0.251 e. The molecule has 0 aliphatic heterocycles. The summed E-state index contributed by atoms with van der Waals surface area (Å²) >= 11 is 1.52. The second kappa shape index (κ2) is 4.54. The predicted molar refractivity (Wildman–Crippen MR) is 61.4 cm³/mol. The molecule has 0 aromatic carbocycles. The fourth-order valence-electron chi connectivity index (χ4n) is 1.32. The van der Waals surface area contributed by atoms with Crippen molar-refractivity contribution in [2.24, 2.45) is 0 Å². The topological polar surface area (TPSA) is 67.9 Å². The second-order valence-electron chi connectivity index (χ2n) is 3.27. The van der Waals surface area contributed by atoms with E-state index in [2.05, 4.69) is 15.0 Å². The molecule has 0 bridgehead atoms. The number of hydrogen-bond donors (Lipinski definition) is 1. The number of aromatic amines is 1. The van der Waals surface area contributed by atoms with Crippen LogP contribution in [0.1, 0.15) is 10.7 Å². The molecule has 1 N–H and O–H groups in total. The van der Waals surface area contributed by atoms with Gasteiger partial charge in [-0.2, -0.15) is 0 Å². The van der Waals surface area contributed by atoms with Crippen LogP contribution in [0.5, 0.6) is 0 Å². The van der Waals surface area contributed by atoms with Gasteiger partial charge in [-0.1, -0.05) is 0 Å². The zero-order valence-corrected chi connectivity index (χ0v) is 9.80. The first-order valence-corrected chi connectivity index (χ1v) is 5.58. The van der Waals surface area contributed by atoms with E-state index in [0.717, 1.165) is 5.01 Å². The molecule has 6 heteroatoms. The zero-order chi connectivity index (χ0) is 11.5. The van der Waals surface area contributed by atoms with Crippen LogP contribution in [0, 0.1) is 6.92 Å². The van der Waals surface area contributed by atoms with Crippen molar-refractivity contribution >= 4 is 11.3 Å². The van der Waals surface area contributed by atoms with E-state index in [1.165, 1.54) is 17.4 Å². The van der Waals surface area contributed by atoms with E-state index in [1.54, 1.807) is 7.11 Å². The van der Waals surface area contributed by atoms with Gasteiger partial charge >= 0.3 is 0 Å². The molecule has 5 nitrogen and oxygen atoms in total. The van der Waals surface area contributed by atoms with Crippen LogP contribution in [0.25, 0.3) is 11.5 Å². The molecule has 16 heavy (non-hydrogen) atoms. The Labute approximate surface area is 96.2 Å². The third-order valence-corrected chi connectivity index (χ3v) is 2.72. The minimum atomic E-state index is -0.192. The fourth-order valence-corrected chi connectivity index (χ4v) is 1.92. The molecule has 0 saturated heterocycles. The van der Waals surface area contributed by atoms with E-state index in [-0.39, 0.29) is 5.56 Å². The number of nitrogens with one attached hydrogen (secondary N) is 1. The van der Waals surface area contributed by atoms with Crippen molar-refractivity contribution in [1.82, 2.24) is 15.0 Å². The normalized spacial score (nSPS) is 10.6. The Balaban J connectivity index is 2.44. The lowest BCUT2D eigenvalue weighted by Crippen LogP contribution is -2.11. The second-order valence-corrected chi connectivity index (χ2v) is 4.33. The average molecular weight is 237 g/mol. The molecule has 0 aliphatic rings. The van der Waals surface area contributed by atoms with Gasteiger partial charge in [0.25, 0.3) is 5.56 Å². The lowest BCUT2D eigenvalue weighted by molar-refractivity contribution is 0.181. The summed E-state index contributed by atoms with van der Waals surface area (Å²) in [6, 6.07) is 1.42. The summed E-state index contributed by atoms with van der Waals surface area (Å²) in [6.07, 6.45) is 0. The number of aryl methyl sites for hydroxylation is 1. The number of nitrogens with zero attached hydrogens (tertiary/aromatic N) is 2. The highest BCUT2D eigenvalue weighted by atomic mass is 32.1. The highest BCUT2D eigenvalue weighted by molar-refractivity contribution is 7.09. The lowest BCUT2D eigenvalue weighted by Gasteiger charge is -2.00. The number of ether oxygens (including phenoxy) is 1. The molecule has 0 radical (unpaired) electrons. The van der Waals surface area contributed by atoms with Crippen LogP contribution in [0.15, 0.2) is 16.2 Å². The van der Waals surface area contributed by atoms with E-state index in [0.29, 0.717) is 23.8 Å². The Morgan fingerprint density at radius 2 is 2.31 bits per heavy atom. The van der Waals surface area contributed by atoms with Gasteiger partial charge in [0.2, 0.25) is 0 Å². The first kappa shape index (κ1) is 11.0. The van der Waals surface area contributed by atoms with Crippen LogP contribution < -0.4 is 5.56 Å². The van der Waals surface area contributed by atoms with Gasteiger partial charge in [-0.05, 0) is 6.92 Å². The minimum Gasteiger partial charge on any atom is -0.378 e. The molecule has 0 atom stereocenters. The van der Waals surface area contributed by atoms with Gasteiger partial charge in [-0.3, -0.25) is 4.79 Å². The summed E-state index contributed by atoms with van der Waals surface area (Å²) in [7, 11) is 1.57. The van der Waals surface area contributed by atoms with Gasteiger partial charge in [-0.25, -0.2) is 9.97 Å². The maximum absolute atomic E-state index is 11.4. The number of aromatic nitrogens is 3. The number of hydrogen-bond acceptors (Lipinski definition) is 5. The molecule has 84 valence electrons. The van der Waals surface area contributed by atoms with Crippen molar-refractivity contribution in [3.05, 3.63) is 32.5 Å². The molecule has 2 rings (SSSR count). The molecule has 0 spiro atoms. The Kier molecular flexibility index (Phi) is 3.12. The van der Waals surface area contributed by atoms with E-state index in [4.69, 9.17) is 4.74 Å². The molecule has 0 fully saturated rings. The molecule has 2 aromatic heterocycles. The molecule has 0 saturated carbocycles. The van der Waals surface area contributed by atoms with Crippen molar-refractivity contribution in [3.8, 4) is 11.5 Å². The average Bonchev–Trinajstić information content (AvgIpc) is 2.64. The van der Waals surface area contributed by atoms with E-state index >= 15 is 0 Å². The van der Waals surface area contributed by atoms with Gasteiger partial charge in [0.1, 0.15) is 5.69 Å². The number of rotatable bonds is 3. The van der Waals surface area contributed by atoms with Crippen molar-refractivity contribution in [3.63, 3.8) is 0 Å². The maximum atomic E-state index is 11.4. The summed E-state index contributed by atoms with van der Waals surface area (Å²) in [5.74, 6) is 0.490. The zero-order valence-electron chi connectivity index (χ0n) is 8.98. The van der Waals surface area contributed by atoms with Crippen molar-refractivity contribution in [2.75, 3.05) is 7.11 Å². The molecule has 0 unspecified atom stereocenters. The van der Waals surface area contributed by atoms with E-state index in [1.807, 2.05) is 12.3 Å². The van der Waals surface area contributed by atoms with Crippen LogP contribution in [-0.2, 0) is 11.3 Å². The highest BCUT2D eigenvalue weighted by Crippen LogP contribution is 2.16. The first-order chi connectivity index (χ1) is 7.69.